The molecule has 2 aromatic carbocycles. The number of hydrogen-bond acceptors (Lipinski definition) is 9. The zero-order valence-corrected chi connectivity index (χ0v) is 23.7. The van der Waals surface area contributed by atoms with Gasteiger partial charge in [-0.25, -0.2) is 13.1 Å². The summed E-state index contributed by atoms with van der Waals surface area (Å²) in [4.78, 5) is 28.6. The van der Waals surface area contributed by atoms with Crippen LogP contribution in [-0.4, -0.2) is 61.6 Å². The van der Waals surface area contributed by atoms with E-state index in [2.05, 4.69) is 9.71 Å². The lowest BCUT2D eigenvalue weighted by Crippen LogP contribution is -2.39. The Morgan fingerprint density at radius 2 is 1.74 bits per heavy atom. The van der Waals surface area contributed by atoms with Crippen molar-refractivity contribution in [1.29, 1.82) is 0 Å². The summed E-state index contributed by atoms with van der Waals surface area (Å²) in [5, 5.41) is 11.2. The Labute approximate surface area is 233 Å². The number of halogens is 1. The molecular weight excluding hydrogens is 631 g/mol. The van der Waals surface area contributed by atoms with Crippen LogP contribution in [0.25, 0.3) is 11.3 Å². The number of carbonyl (C=O) groups is 1. The van der Waals surface area contributed by atoms with Gasteiger partial charge < -0.3 is 19.1 Å². The number of benzene rings is 2. The molecule has 14 heteroatoms. The molecule has 202 valence electrons. The Morgan fingerprint density at radius 1 is 1.08 bits per heavy atom. The number of hydrogen-bond donors (Lipinski definition) is 1. The van der Waals surface area contributed by atoms with E-state index < -0.39 is 38.0 Å². The fraction of sp³-hybridized carbons (Fsp3) is 0.250. The minimum Gasteiger partial charge on any atom is -0.493 e. The summed E-state index contributed by atoms with van der Waals surface area (Å²) in [5.41, 5.74) is 1.47. The van der Waals surface area contributed by atoms with Gasteiger partial charge in [0.2, 0.25) is 21.7 Å². The van der Waals surface area contributed by atoms with Gasteiger partial charge >= 0.3 is 0 Å². The number of alkyl halides is 1. The summed E-state index contributed by atoms with van der Waals surface area (Å²) in [5.74, 6) is 0.862. The molecule has 3 rings (SSSR count). The molecule has 0 unspecified atom stereocenters. The summed E-state index contributed by atoms with van der Waals surface area (Å²) in [6, 6.07) is 12.0. The van der Waals surface area contributed by atoms with Crippen LogP contribution < -0.4 is 18.9 Å². The molecule has 1 aromatic heterocycles. The molecule has 1 heterocycles. The number of para-hydroxylation sites is 1. The van der Waals surface area contributed by atoms with Crippen LogP contribution in [0.5, 0.6) is 17.2 Å². The molecular formula is C24H25IN4O8S. The maximum atomic E-state index is 12.9. The molecule has 0 atom stereocenters. The largest absolute Gasteiger partial charge is 0.493 e. The van der Waals surface area contributed by atoms with Crippen molar-refractivity contribution < 1.29 is 32.3 Å². The van der Waals surface area contributed by atoms with Gasteiger partial charge in [0.1, 0.15) is 0 Å². The van der Waals surface area contributed by atoms with Crippen LogP contribution in [0.4, 0.5) is 5.69 Å². The Balaban J connectivity index is 1.78. The second-order valence-electron chi connectivity index (χ2n) is 7.72. The standard InChI is InChI=1S/C24H25IN4O8S/c1-35-20-11-17(12-21(36-2)24(20)37-3)18-10-16(8-9-26-18)14-28(15-25)23(30)13-27-38(33,34)22-7-5-4-6-19(22)29(31)32/h4-12,27H,13-15H2,1-3H3. The number of ether oxygens (including phenoxy) is 3. The molecule has 0 aliphatic rings. The Kier molecular flexibility index (Phi) is 9.82. The van der Waals surface area contributed by atoms with Crippen LogP contribution in [0.3, 0.4) is 0 Å². The van der Waals surface area contributed by atoms with Crippen molar-refractivity contribution in [1.82, 2.24) is 14.6 Å². The van der Waals surface area contributed by atoms with Crippen LogP contribution in [0.1, 0.15) is 5.56 Å². The highest BCUT2D eigenvalue weighted by molar-refractivity contribution is 14.1. The highest BCUT2D eigenvalue weighted by Crippen LogP contribution is 2.40. The van der Waals surface area contributed by atoms with Crippen molar-refractivity contribution in [2.24, 2.45) is 0 Å². The molecule has 0 fully saturated rings. The maximum absolute atomic E-state index is 12.9. The van der Waals surface area contributed by atoms with E-state index in [4.69, 9.17) is 14.2 Å². The zero-order valence-electron chi connectivity index (χ0n) is 20.7. The number of amides is 1. The SMILES string of the molecule is COc1cc(-c2cc(CN(CI)C(=O)CNS(=O)(=O)c3ccccc3[N+](=O)[O-])ccn2)cc(OC)c1OC. The summed E-state index contributed by atoms with van der Waals surface area (Å²) in [7, 11) is 0.243. The smallest absolute Gasteiger partial charge is 0.289 e. The molecule has 0 bridgehead atoms. The van der Waals surface area contributed by atoms with E-state index in [1.54, 1.807) is 30.5 Å². The third-order valence-corrected chi connectivity index (χ3v) is 7.69. The van der Waals surface area contributed by atoms with E-state index in [1.165, 1.54) is 38.4 Å². The summed E-state index contributed by atoms with van der Waals surface area (Å²) >= 11 is 2.00. The zero-order chi connectivity index (χ0) is 27.9. The topological polar surface area (TPSA) is 150 Å². The number of rotatable bonds is 12. The predicted molar refractivity (Wildman–Crippen MR) is 147 cm³/mol. The lowest BCUT2D eigenvalue weighted by molar-refractivity contribution is -0.387. The number of nitro benzene ring substituents is 1. The van der Waals surface area contributed by atoms with Gasteiger partial charge in [-0.2, -0.15) is 0 Å². The molecule has 0 radical (unpaired) electrons. The quantitative estimate of drug-likeness (QED) is 0.102. The first-order chi connectivity index (χ1) is 18.1. The first-order valence-electron chi connectivity index (χ1n) is 11.0. The van der Waals surface area contributed by atoms with E-state index in [9.17, 15) is 23.3 Å². The van der Waals surface area contributed by atoms with Crippen LogP contribution >= 0.6 is 22.6 Å². The highest BCUT2D eigenvalue weighted by atomic mass is 127. The number of sulfonamides is 1. The molecule has 0 spiro atoms. The Hall–Kier alpha value is -3.50. The number of nitrogens with zero attached hydrogens (tertiary/aromatic N) is 3. The second-order valence-corrected chi connectivity index (χ2v) is 10.1. The average molecular weight is 656 g/mol. The van der Waals surface area contributed by atoms with Crippen molar-refractivity contribution in [2.45, 2.75) is 11.4 Å². The van der Waals surface area contributed by atoms with Crippen LogP contribution in [-0.2, 0) is 21.4 Å². The molecule has 0 aliphatic carbocycles. The van der Waals surface area contributed by atoms with E-state index in [0.29, 0.717) is 28.5 Å². The van der Waals surface area contributed by atoms with Gasteiger partial charge in [-0.3, -0.25) is 19.9 Å². The van der Waals surface area contributed by atoms with E-state index in [0.717, 1.165) is 17.7 Å². The molecule has 0 saturated heterocycles. The highest BCUT2D eigenvalue weighted by Gasteiger charge is 2.26. The number of methoxy groups -OCH3 is 3. The van der Waals surface area contributed by atoms with Gasteiger partial charge in [0.05, 0.1) is 43.0 Å². The lowest BCUT2D eigenvalue weighted by Gasteiger charge is -2.21. The fourth-order valence-corrected chi connectivity index (χ4v) is 5.32. The lowest BCUT2D eigenvalue weighted by atomic mass is 10.1. The Morgan fingerprint density at radius 3 is 2.32 bits per heavy atom. The molecule has 0 saturated carbocycles. The molecule has 38 heavy (non-hydrogen) atoms. The number of carbonyl (C=O) groups excluding carboxylic acids is 1. The van der Waals surface area contributed by atoms with Gasteiger partial charge in [0.25, 0.3) is 5.69 Å². The van der Waals surface area contributed by atoms with Crippen molar-refractivity contribution in [3.63, 3.8) is 0 Å². The molecule has 1 amide bonds. The van der Waals surface area contributed by atoms with E-state index in [1.807, 2.05) is 22.6 Å². The van der Waals surface area contributed by atoms with Crippen LogP contribution in [0.2, 0.25) is 0 Å². The number of aromatic nitrogens is 1. The monoisotopic (exact) mass is 656 g/mol. The number of pyridine rings is 1. The number of nitrogens with one attached hydrogen (secondary N) is 1. The van der Waals surface area contributed by atoms with Gasteiger partial charge in [0.15, 0.2) is 16.4 Å². The molecule has 1 N–H and O–H groups in total. The van der Waals surface area contributed by atoms with E-state index >= 15 is 0 Å². The van der Waals surface area contributed by atoms with Gasteiger partial charge in [-0.1, -0.05) is 34.7 Å². The Bertz CT molecular complexity index is 1410. The van der Waals surface area contributed by atoms with Gasteiger partial charge in [-0.15, -0.1) is 0 Å². The predicted octanol–water partition coefficient (Wildman–Crippen LogP) is 3.38. The normalized spacial score (nSPS) is 11.1. The van der Waals surface area contributed by atoms with Crippen LogP contribution in [0, 0.1) is 10.1 Å². The molecule has 0 aliphatic heterocycles. The summed E-state index contributed by atoms with van der Waals surface area (Å²) in [6.07, 6.45) is 1.60. The van der Waals surface area contributed by atoms with Crippen LogP contribution in [0.15, 0.2) is 59.6 Å². The van der Waals surface area contributed by atoms with Gasteiger partial charge in [0, 0.05) is 24.4 Å². The maximum Gasteiger partial charge on any atom is 0.289 e. The second kappa shape index (κ2) is 12.8. The number of nitro groups is 1. The summed E-state index contributed by atoms with van der Waals surface area (Å²) < 4.78 is 43.9. The first kappa shape index (κ1) is 29.1. The summed E-state index contributed by atoms with van der Waals surface area (Å²) in [6.45, 7) is -0.392. The first-order valence-corrected chi connectivity index (χ1v) is 14.0. The third kappa shape index (κ3) is 6.68. The van der Waals surface area contributed by atoms with Crippen molar-refractivity contribution >= 4 is 44.2 Å². The van der Waals surface area contributed by atoms with Crippen molar-refractivity contribution in [2.75, 3.05) is 32.4 Å². The molecule has 3 aromatic rings. The minimum absolute atomic E-state index is 0.176. The molecule has 12 nitrogen and oxygen atoms in total. The third-order valence-electron chi connectivity index (χ3n) is 5.42. The van der Waals surface area contributed by atoms with Gasteiger partial charge in [-0.05, 0) is 35.9 Å². The van der Waals surface area contributed by atoms with E-state index in [-0.39, 0.29) is 11.1 Å². The minimum atomic E-state index is -4.29. The van der Waals surface area contributed by atoms with Crippen molar-refractivity contribution in [3.05, 3.63) is 70.4 Å². The van der Waals surface area contributed by atoms with Crippen molar-refractivity contribution in [3.8, 4) is 28.5 Å². The fourth-order valence-electron chi connectivity index (χ4n) is 3.56. The average Bonchev–Trinajstić information content (AvgIpc) is 2.93.